The maximum absolute atomic E-state index is 14.3. The Morgan fingerprint density at radius 2 is 1.97 bits per heavy atom. The van der Waals surface area contributed by atoms with Crippen molar-refractivity contribution in [2.24, 2.45) is 11.7 Å². The third kappa shape index (κ3) is 3.99. The number of hydrogen-bond acceptors (Lipinski definition) is 5. The Labute approximate surface area is 180 Å². The van der Waals surface area contributed by atoms with Crippen LogP contribution in [0.15, 0.2) is 30.5 Å². The van der Waals surface area contributed by atoms with Crippen molar-refractivity contribution in [3.8, 4) is 5.75 Å². The molecule has 0 saturated carbocycles. The van der Waals surface area contributed by atoms with E-state index in [1.54, 1.807) is 0 Å². The van der Waals surface area contributed by atoms with Gasteiger partial charge in [-0.15, -0.1) is 0 Å². The van der Waals surface area contributed by atoms with Crippen LogP contribution < -0.4 is 15.8 Å². The van der Waals surface area contributed by atoms with E-state index < -0.39 is 59.2 Å². The summed E-state index contributed by atoms with van der Waals surface area (Å²) in [4.78, 5) is 28.1. The monoisotopic (exact) mass is 455 g/mol. The molecule has 172 valence electrons. The predicted molar refractivity (Wildman–Crippen MR) is 105 cm³/mol. The second kappa shape index (κ2) is 8.73. The molecule has 1 saturated heterocycles. The minimum Gasteiger partial charge on any atom is -0.493 e. The summed E-state index contributed by atoms with van der Waals surface area (Å²) in [6.45, 7) is 2.58. The van der Waals surface area contributed by atoms with Crippen molar-refractivity contribution in [1.82, 2.24) is 4.98 Å². The zero-order chi connectivity index (χ0) is 23.8. The fourth-order valence-electron chi connectivity index (χ4n) is 3.85. The highest BCUT2D eigenvalue weighted by atomic mass is 19.3. The molecule has 3 N–H and O–H groups in total. The van der Waals surface area contributed by atoms with Crippen LogP contribution in [0.5, 0.6) is 5.75 Å². The molecule has 0 aliphatic carbocycles. The summed E-state index contributed by atoms with van der Waals surface area (Å²) < 4.78 is 66.4. The van der Waals surface area contributed by atoms with E-state index in [0.717, 1.165) is 20.1 Å². The number of nitrogens with zero attached hydrogens (tertiary/aromatic N) is 1. The van der Waals surface area contributed by atoms with Gasteiger partial charge in [0.1, 0.15) is 17.4 Å². The number of rotatable bonds is 6. The van der Waals surface area contributed by atoms with Gasteiger partial charge in [-0.2, -0.15) is 4.39 Å². The van der Waals surface area contributed by atoms with E-state index in [9.17, 15) is 27.2 Å². The first kappa shape index (κ1) is 23.5. The van der Waals surface area contributed by atoms with Gasteiger partial charge in [-0.05, 0) is 25.1 Å². The van der Waals surface area contributed by atoms with Crippen LogP contribution in [0.3, 0.4) is 0 Å². The molecule has 1 fully saturated rings. The number of methoxy groups -OCH3 is 1. The lowest BCUT2D eigenvalue weighted by molar-refractivity contribution is -0.151. The first-order valence-corrected chi connectivity index (χ1v) is 9.55. The second-order valence-electron chi connectivity index (χ2n) is 7.60. The van der Waals surface area contributed by atoms with Crippen LogP contribution in [0.1, 0.15) is 35.8 Å². The summed E-state index contributed by atoms with van der Waals surface area (Å²) >= 11 is 0. The number of nitrogens with one attached hydrogen (secondary N) is 1. The lowest BCUT2D eigenvalue weighted by Gasteiger charge is -2.28. The van der Waals surface area contributed by atoms with E-state index in [1.807, 2.05) is 0 Å². The first-order chi connectivity index (χ1) is 15.0. The van der Waals surface area contributed by atoms with Crippen LogP contribution in [0.2, 0.25) is 0 Å². The number of aromatic nitrogens is 1. The lowest BCUT2D eigenvalue weighted by atomic mass is 9.77. The summed E-state index contributed by atoms with van der Waals surface area (Å²) in [6.07, 6.45) is -3.25. The Morgan fingerprint density at radius 3 is 2.56 bits per heavy atom. The highest BCUT2D eigenvalue weighted by Gasteiger charge is 2.58. The van der Waals surface area contributed by atoms with Crippen LogP contribution in [0, 0.1) is 17.6 Å². The van der Waals surface area contributed by atoms with E-state index in [1.165, 1.54) is 31.3 Å². The van der Waals surface area contributed by atoms with Gasteiger partial charge < -0.3 is 20.5 Å². The molecule has 4 atom stereocenters. The zero-order valence-corrected chi connectivity index (χ0v) is 17.4. The molecule has 0 bridgehead atoms. The number of benzene rings is 1. The molecule has 0 unspecified atom stereocenters. The summed E-state index contributed by atoms with van der Waals surface area (Å²) in [5.41, 5.74) is 3.13. The number of nitrogens with two attached hydrogens (primary N) is 1. The number of pyridine rings is 1. The quantitative estimate of drug-likeness (QED) is 0.651. The first-order valence-electron chi connectivity index (χ1n) is 9.55. The molecule has 7 nitrogen and oxygen atoms in total. The van der Waals surface area contributed by atoms with Gasteiger partial charge in [-0.25, -0.2) is 13.2 Å². The number of alkyl halides is 2. The fraction of sp³-hybridized carbons (Fsp3) is 0.381. The minimum absolute atomic E-state index is 0.0102. The predicted octanol–water partition coefficient (Wildman–Crippen LogP) is 3.25. The van der Waals surface area contributed by atoms with E-state index >= 15 is 0 Å². The maximum Gasteiger partial charge on any atom is 0.267 e. The third-order valence-corrected chi connectivity index (χ3v) is 5.77. The summed E-state index contributed by atoms with van der Waals surface area (Å²) in [6, 6.07) is 4.58. The fourth-order valence-corrected chi connectivity index (χ4v) is 3.85. The van der Waals surface area contributed by atoms with E-state index in [2.05, 4.69) is 10.3 Å². The average molecular weight is 455 g/mol. The van der Waals surface area contributed by atoms with Gasteiger partial charge in [-0.1, -0.05) is 13.0 Å². The van der Waals surface area contributed by atoms with Crippen molar-refractivity contribution >= 4 is 17.5 Å². The van der Waals surface area contributed by atoms with Gasteiger partial charge in [0.05, 0.1) is 7.11 Å². The van der Waals surface area contributed by atoms with Crippen LogP contribution in [0.4, 0.5) is 23.2 Å². The normalized spacial score (nSPS) is 25.1. The van der Waals surface area contributed by atoms with Gasteiger partial charge in [-0.3, -0.25) is 14.6 Å². The Bertz CT molecular complexity index is 1050. The molecule has 2 aromatic rings. The highest BCUT2D eigenvalue weighted by molar-refractivity contribution is 5.97. The molecule has 11 heteroatoms. The molecule has 1 aromatic heterocycles. The Balaban J connectivity index is 2.04. The van der Waals surface area contributed by atoms with Crippen molar-refractivity contribution < 1.29 is 36.6 Å². The number of carbonyl (C=O) groups excluding carboxylic acids is 2. The number of ether oxygens (including phenoxy) is 2. The van der Waals surface area contributed by atoms with Gasteiger partial charge in [0.2, 0.25) is 5.82 Å². The lowest BCUT2D eigenvalue weighted by Crippen LogP contribution is -2.40. The molecular formula is C21H21F4N3O4. The van der Waals surface area contributed by atoms with Gasteiger partial charge in [0.25, 0.3) is 18.2 Å². The summed E-state index contributed by atoms with van der Waals surface area (Å²) in [5, 5.41) is 2.47. The van der Waals surface area contributed by atoms with Crippen molar-refractivity contribution in [3.05, 3.63) is 53.4 Å². The smallest absolute Gasteiger partial charge is 0.267 e. The van der Waals surface area contributed by atoms with Gasteiger partial charge in [0.15, 0.2) is 11.6 Å². The molecule has 3 rings (SSSR count). The molecule has 1 aromatic carbocycles. The SMILES string of the molecule is COc1c([C@@H]2[C@@H](C)[C@@](C)(C(F)F)O[C@H]2C(=O)Nc2ccnc(C(N)=O)c2)ccc(F)c1F. The number of halogens is 4. The third-order valence-electron chi connectivity index (χ3n) is 5.77. The Hall–Kier alpha value is -3.21. The molecule has 1 aliphatic rings. The number of amides is 2. The topological polar surface area (TPSA) is 104 Å². The molecular weight excluding hydrogens is 434 g/mol. The number of hydrogen-bond donors (Lipinski definition) is 2. The van der Waals surface area contributed by atoms with Crippen molar-refractivity contribution in [1.29, 1.82) is 0 Å². The number of anilines is 1. The van der Waals surface area contributed by atoms with E-state index in [4.69, 9.17) is 15.2 Å². The molecule has 2 amide bonds. The van der Waals surface area contributed by atoms with E-state index in [-0.39, 0.29) is 16.9 Å². The summed E-state index contributed by atoms with van der Waals surface area (Å²) in [5.74, 6) is -6.75. The van der Waals surface area contributed by atoms with Crippen LogP contribution in [-0.2, 0) is 9.53 Å². The van der Waals surface area contributed by atoms with Gasteiger partial charge >= 0.3 is 0 Å². The van der Waals surface area contributed by atoms with Crippen molar-refractivity contribution in [3.63, 3.8) is 0 Å². The highest BCUT2D eigenvalue weighted by Crippen LogP contribution is 2.51. The maximum atomic E-state index is 14.3. The van der Waals surface area contributed by atoms with Crippen LogP contribution >= 0.6 is 0 Å². The van der Waals surface area contributed by atoms with Crippen LogP contribution in [-0.4, -0.2) is 42.0 Å². The minimum atomic E-state index is -2.98. The number of primary amides is 1. The van der Waals surface area contributed by atoms with Gasteiger partial charge in [0, 0.05) is 29.3 Å². The second-order valence-corrected chi connectivity index (χ2v) is 7.60. The molecule has 0 spiro atoms. The number of carbonyl (C=O) groups is 2. The Morgan fingerprint density at radius 1 is 1.28 bits per heavy atom. The van der Waals surface area contributed by atoms with Crippen LogP contribution in [0.25, 0.3) is 0 Å². The van der Waals surface area contributed by atoms with Crippen molar-refractivity contribution in [2.45, 2.75) is 37.9 Å². The standard InChI is InChI=1S/C21H21F4N3O4/c1-9-14(11-4-5-12(22)15(23)16(11)31-3)17(32-21(9,2)20(24)25)19(30)28-10-6-7-27-13(8-10)18(26)29/h4-9,14,17,20H,1-3H3,(H2,26,29)(H,27,28,30)/t9-,14+,17-,21+/m1/s1. The Kier molecular flexibility index (Phi) is 6.40. The molecule has 1 aliphatic heterocycles. The molecule has 0 radical (unpaired) electrons. The molecule has 32 heavy (non-hydrogen) atoms. The average Bonchev–Trinajstić information content (AvgIpc) is 3.02. The largest absolute Gasteiger partial charge is 0.493 e. The van der Waals surface area contributed by atoms with E-state index in [0.29, 0.717) is 0 Å². The van der Waals surface area contributed by atoms with Crippen molar-refractivity contribution in [2.75, 3.05) is 12.4 Å². The molecule has 2 heterocycles. The zero-order valence-electron chi connectivity index (χ0n) is 17.4. The summed E-state index contributed by atoms with van der Waals surface area (Å²) in [7, 11) is 1.10.